The van der Waals surface area contributed by atoms with Crippen LogP contribution in [0.3, 0.4) is 0 Å². The summed E-state index contributed by atoms with van der Waals surface area (Å²) in [6.07, 6.45) is 2.60. The molecule has 25 heavy (non-hydrogen) atoms. The Morgan fingerprint density at radius 3 is 2.92 bits per heavy atom. The molecule has 0 unspecified atom stereocenters. The lowest BCUT2D eigenvalue weighted by atomic mass is 9.93. The average molecular weight is 342 g/mol. The molecule has 7 nitrogen and oxygen atoms in total. The number of fused-ring (bicyclic) bond motifs is 1. The third kappa shape index (κ3) is 4.06. The number of rotatable bonds is 5. The molecule has 0 saturated carbocycles. The molecule has 7 heteroatoms. The van der Waals surface area contributed by atoms with E-state index in [-0.39, 0.29) is 24.4 Å². The van der Waals surface area contributed by atoms with Crippen LogP contribution in [-0.4, -0.2) is 54.7 Å². The lowest BCUT2D eigenvalue weighted by Gasteiger charge is -2.21. The fraction of sp³-hybridized carbons (Fsp3) is 0.389. The van der Waals surface area contributed by atoms with E-state index in [1.54, 1.807) is 0 Å². The van der Waals surface area contributed by atoms with Crippen LogP contribution in [0.5, 0.6) is 0 Å². The molecule has 0 bridgehead atoms. The van der Waals surface area contributed by atoms with Crippen LogP contribution >= 0.6 is 0 Å². The number of aromatic nitrogens is 1. The van der Waals surface area contributed by atoms with E-state index >= 15 is 0 Å². The van der Waals surface area contributed by atoms with Crippen molar-refractivity contribution in [2.24, 2.45) is 11.7 Å². The van der Waals surface area contributed by atoms with E-state index in [0.717, 1.165) is 17.3 Å². The van der Waals surface area contributed by atoms with E-state index < -0.39 is 6.03 Å². The van der Waals surface area contributed by atoms with Crippen molar-refractivity contribution in [2.75, 3.05) is 26.8 Å². The quantitative estimate of drug-likeness (QED) is 0.844. The first kappa shape index (κ1) is 17.2. The molecular weight excluding hydrogens is 320 g/mol. The van der Waals surface area contributed by atoms with Crippen LogP contribution in [0.15, 0.2) is 36.5 Å². The number of urea groups is 1. The van der Waals surface area contributed by atoms with E-state index in [0.29, 0.717) is 13.2 Å². The number of nitrogens with two attached hydrogens (primary N) is 1. The largest absolute Gasteiger partial charge is 0.379 e. The predicted molar refractivity (Wildman–Crippen MR) is 93.9 cm³/mol. The molecule has 1 aromatic carbocycles. The van der Waals surface area contributed by atoms with Gasteiger partial charge in [0.1, 0.15) is 6.54 Å². The van der Waals surface area contributed by atoms with Crippen molar-refractivity contribution in [3.05, 3.63) is 42.1 Å². The number of amides is 3. The summed E-state index contributed by atoms with van der Waals surface area (Å²) < 4.78 is 5.57. The van der Waals surface area contributed by atoms with E-state index in [4.69, 9.17) is 10.5 Å². The van der Waals surface area contributed by atoms with E-state index in [2.05, 4.69) is 16.4 Å². The van der Waals surface area contributed by atoms with E-state index in [9.17, 15) is 9.59 Å². The monoisotopic (exact) mass is 342 g/mol. The summed E-state index contributed by atoms with van der Waals surface area (Å²) in [5, 5.41) is 4.07. The molecule has 0 spiro atoms. The number of primary amides is 1. The highest BCUT2D eigenvalue weighted by Crippen LogP contribution is 2.24. The molecule has 132 valence electrons. The Labute approximate surface area is 146 Å². The van der Waals surface area contributed by atoms with Crippen molar-refractivity contribution >= 4 is 22.8 Å². The van der Waals surface area contributed by atoms with Gasteiger partial charge in [-0.15, -0.1) is 0 Å². The van der Waals surface area contributed by atoms with Crippen LogP contribution in [0.4, 0.5) is 4.79 Å². The van der Waals surface area contributed by atoms with E-state index in [1.165, 1.54) is 17.5 Å². The smallest absolute Gasteiger partial charge is 0.314 e. The highest BCUT2D eigenvalue weighted by Gasteiger charge is 2.30. The number of para-hydroxylation sites is 1. The predicted octanol–water partition coefficient (Wildman–Crippen LogP) is 0.919. The normalized spacial score (nSPS) is 19.7. The Morgan fingerprint density at radius 2 is 2.12 bits per heavy atom. The lowest BCUT2D eigenvalue weighted by Crippen LogP contribution is -2.46. The maximum absolute atomic E-state index is 12.1. The van der Waals surface area contributed by atoms with Gasteiger partial charge in [-0.1, -0.05) is 18.2 Å². The fourth-order valence-electron chi connectivity index (χ4n) is 3.12. The maximum atomic E-state index is 12.1. The summed E-state index contributed by atoms with van der Waals surface area (Å²) >= 11 is 0. The molecule has 2 heterocycles. The second-order valence-electron chi connectivity index (χ2n) is 6.36. The topological polar surface area (TPSA) is 97.6 Å². The lowest BCUT2D eigenvalue weighted by molar-refractivity contribution is -0.122. The zero-order chi connectivity index (χ0) is 17.8. The molecule has 1 fully saturated rings. The van der Waals surface area contributed by atoms with Crippen molar-refractivity contribution in [1.82, 2.24) is 15.2 Å². The molecule has 1 aliphatic rings. The first-order valence-electron chi connectivity index (χ1n) is 8.25. The minimum Gasteiger partial charge on any atom is -0.379 e. The number of hydrogen-bond donors (Lipinski definition) is 2. The number of pyridine rings is 1. The standard InChI is InChI=1S/C18H22N4O3/c1-22(18(19)24)9-17(23)21-16-11-25-10-13(16)8-12-6-7-20-15-5-3-2-4-14(12)15/h2-7,13,16H,8-11H2,1H3,(H2,19,24)(H,21,23)/t13-,16-/m1/s1. The van der Waals surface area contributed by atoms with Gasteiger partial charge in [-0.3, -0.25) is 9.78 Å². The maximum Gasteiger partial charge on any atom is 0.314 e. The third-order valence-electron chi connectivity index (χ3n) is 4.52. The number of hydrogen-bond acceptors (Lipinski definition) is 4. The van der Waals surface area contributed by atoms with Crippen molar-refractivity contribution in [1.29, 1.82) is 0 Å². The highest BCUT2D eigenvalue weighted by molar-refractivity contribution is 5.83. The second-order valence-corrected chi connectivity index (χ2v) is 6.36. The second kappa shape index (κ2) is 7.48. The van der Waals surface area contributed by atoms with Gasteiger partial charge in [-0.05, 0) is 24.1 Å². The average Bonchev–Trinajstić information content (AvgIpc) is 3.01. The van der Waals surface area contributed by atoms with Gasteiger partial charge >= 0.3 is 6.03 Å². The molecule has 0 aliphatic carbocycles. The van der Waals surface area contributed by atoms with Gasteiger partial charge in [0, 0.05) is 24.5 Å². The van der Waals surface area contributed by atoms with Crippen LogP contribution in [0, 0.1) is 5.92 Å². The van der Waals surface area contributed by atoms with Crippen molar-refractivity contribution < 1.29 is 14.3 Å². The number of nitrogens with zero attached hydrogens (tertiary/aromatic N) is 2. The SMILES string of the molecule is CN(CC(=O)N[C@@H]1COC[C@H]1Cc1ccnc2ccccc12)C(N)=O. The number of nitrogens with one attached hydrogen (secondary N) is 1. The Kier molecular flexibility index (Phi) is 5.14. The van der Waals surface area contributed by atoms with Gasteiger partial charge in [0.25, 0.3) is 0 Å². The molecule has 2 aromatic rings. The number of carbonyl (C=O) groups is 2. The van der Waals surface area contributed by atoms with Gasteiger partial charge in [0.15, 0.2) is 0 Å². The summed E-state index contributed by atoms with van der Waals surface area (Å²) in [7, 11) is 1.49. The molecule has 3 N–H and O–H groups in total. The van der Waals surface area contributed by atoms with Crippen LogP contribution in [0.1, 0.15) is 5.56 Å². The van der Waals surface area contributed by atoms with E-state index in [1.807, 2.05) is 30.5 Å². The summed E-state index contributed by atoms with van der Waals surface area (Å²) in [5.41, 5.74) is 7.30. The van der Waals surface area contributed by atoms with Crippen LogP contribution in [0.2, 0.25) is 0 Å². The molecule has 1 aliphatic heterocycles. The minimum absolute atomic E-state index is 0.0588. The summed E-state index contributed by atoms with van der Waals surface area (Å²) in [4.78, 5) is 28.7. The molecule has 0 radical (unpaired) electrons. The molecule has 1 saturated heterocycles. The third-order valence-corrected chi connectivity index (χ3v) is 4.52. The number of benzene rings is 1. The van der Waals surface area contributed by atoms with Crippen molar-refractivity contribution in [3.8, 4) is 0 Å². The number of carbonyl (C=O) groups excluding carboxylic acids is 2. The molecular formula is C18H22N4O3. The van der Waals surface area contributed by atoms with Gasteiger partial charge in [0.2, 0.25) is 5.91 Å². The van der Waals surface area contributed by atoms with Gasteiger partial charge in [-0.2, -0.15) is 0 Å². The Morgan fingerprint density at radius 1 is 1.32 bits per heavy atom. The Balaban J connectivity index is 1.67. The van der Waals surface area contributed by atoms with Crippen LogP contribution < -0.4 is 11.1 Å². The van der Waals surface area contributed by atoms with Crippen LogP contribution in [-0.2, 0) is 16.0 Å². The zero-order valence-corrected chi connectivity index (χ0v) is 14.1. The first-order valence-corrected chi connectivity index (χ1v) is 8.25. The number of likely N-dealkylation sites (N-methyl/N-ethyl adjacent to an activating group) is 1. The minimum atomic E-state index is -0.627. The zero-order valence-electron chi connectivity index (χ0n) is 14.1. The summed E-state index contributed by atoms with van der Waals surface area (Å²) in [5.74, 6) is -0.0602. The van der Waals surface area contributed by atoms with Crippen molar-refractivity contribution in [2.45, 2.75) is 12.5 Å². The molecule has 3 rings (SSSR count). The Hall–Kier alpha value is -2.67. The molecule has 3 amide bonds. The number of ether oxygens (including phenoxy) is 1. The van der Waals surface area contributed by atoms with Crippen molar-refractivity contribution in [3.63, 3.8) is 0 Å². The molecule has 1 aromatic heterocycles. The Bertz CT molecular complexity index is 775. The van der Waals surface area contributed by atoms with Gasteiger partial charge < -0.3 is 20.7 Å². The fourth-order valence-corrected chi connectivity index (χ4v) is 3.12. The first-order chi connectivity index (χ1) is 12.0. The van der Waals surface area contributed by atoms with Crippen LogP contribution in [0.25, 0.3) is 10.9 Å². The summed E-state index contributed by atoms with van der Waals surface area (Å²) in [6, 6.07) is 9.32. The highest BCUT2D eigenvalue weighted by atomic mass is 16.5. The van der Waals surface area contributed by atoms with Gasteiger partial charge in [0.05, 0.1) is 24.8 Å². The van der Waals surface area contributed by atoms with Gasteiger partial charge in [-0.25, -0.2) is 4.79 Å². The molecule has 2 atom stereocenters. The summed E-state index contributed by atoms with van der Waals surface area (Å²) in [6.45, 7) is 1.00.